The molecule has 5 heteroatoms. The molecule has 2 aromatic heterocycles. The van der Waals surface area contributed by atoms with Crippen LogP contribution in [-0.2, 0) is 16.5 Å². The number of phenols is 1. The largest absolute Gasteiger partial charge is 0 e. The second kappa shape index (κ2) is 9.83. The first-order valence-corrected chi connectivity index (χ1v) is 16.5. The van der Waals surface area contributed by atoms with Gasteiger partial charge in [-0.25, -0.2) is 0 Å². The monoisotopic (exact) mass is 539 g/mol. The molecule has 0 amide bonds. The quantitative estimate of drug-likeness (QED) is 0.254. The molecule has 170 valence electrons. The summed E-state index contributed by atoms with van der Waals surface area (Å²) in [7, 11) is 0. The topological polar surface area (TPSA) is 46.0 Å². The van der Waals surface area contributed by atoms with Crippen LogP contribution in [0.4, 0.5) is 0 Å². The summed E-state index contributed by atoms with van der Waals surface area (Å²) in [5.74, 6) is 0.263. The predicted molar refractivity (Wildman–Crippen MR) is 134 cm³/mol. The minimum atomic E-state index is -2.57. The third-order valence-corrected chi connectivity index (χ3v) is 18.3. The van der Waals surface area contributed by atoms with Crippen LogP contribution in [0.25, 0.3) is 33.8 Å². The Balaban J connectivity index is 0.00000259. The molecular formula is C28H27GeN2NiO-. The van der Waals surface area contributed by atoms with Gasteiger partial charge in [0.05, 0.1) is 0 Å². The number of phenolic OH excluding ortho intramolecular Hbond substituents is 1. The van der Waals surface area contributed by atoms with Gasteiger partial charge in [-0.05, 0) is 0 Å². The number of hydrogen-bond donors (Lipinski definition) is 1. The van der Waals surface area contributed by atoms with E-state index in [1.807, 2.05) is 42.6 Å². The Morgan fingerprint density at radius 3 is 2.24 bits per heavy atom. The first kappa shape index (κ1) is 23.7. The number of nitrogens with zero attached hydrogens (tertiary/aromatic N) is 2. The summed E-state index contributed by atoms with van der Waals surface area (Å²) in [6.07, 6.45) is 4.19. The molecule has 33 heavy (non-hydrogen) atoms. The van der Waals surface area contributed by atoms with E-state index in [0.717, 1.165) is 33.8 Å². The molecule has 0 spiro atoms. The molecule has 4 aromatic rings. The van der Waals surface area contributed by atoms with Gasteiger partial charge >= 0.3 is 193 Å². The van der Waals surface area contributed by atoms with Gasteiger partial charge in [0.15, 0.2) is 0 Å². The van der Waals surface area contributed by atoms with Crippen LogP contribution in [0, 0.1) is 6.07 Å². The Labute approximate surface area is 208 Å². The van der Waals surface area contributed by atoms with Gasteiger partial charge in [0.1, 0.15) is 0 Å². The van der Waals surface area contributed by atoms with E-state index in [1.165, 1.54) is 32.1 Å². The first-order chi connectivity index (χ1) is 15.7. The van der Waals surface area contributed by atoms with Crippen LogP contribution in [0.5, 0.6) is 5.75 Å². The van der Waals surface area contributed by atoms with Gasteiger partial charge in [-0.3, -0.25) is 0 Å². The van der Waals surface area contributed by atoms with Crippen molar-refractivity contribution >= 4 is 22.1 Å². The summed E-state index contributed by atoms with van der Waals surface area (Å²) in [5, 5.41) is 13.0. The minimum Gasteiger partial charge on any atom is 0 e. The number of benzene rings is 2. The van der Waals surface area contributed by atoms with Crippen LogP contribution in [0.2, 0.25) is 10.5 Å². The van der Waals surface area contributed by atoms with Crippen LogP contribution < -0.4 is 8.79 Å². The zero-order valence-corrected chi connectivity index (χ0v) is 22.0. The Kier molecular flexibility index (Phi) is 7.06. The standard InChI is InChI=1S/C28H27GeN2O.Ni/c1-3-16-29(17-4-2)23-13-12-20(25-10-7-8-18-30-25)19-22(23)28-24(29)14-15-26(31-28)21-9-5-6-11-27(21)32;/h5-15,18,32H,3-4,16-17H2,1-2H3;/q-1;. The van der Waals surface area contributed by atoms with Gasteiger partial charge in [-0.15, -0.1) is 0 Å². The van der Waals surface area contributed by atoms with E-state index in [2.05, 4.69) is 49.2 Å². The third-order valence-electron chi connectivity index (χ3n) is 6.58. The van der Waals surface area contributed by atoms with Crippen molar-refractivity contribution in [3.63, 3.8) is 0 Å². The van der Waals surface area contributed by atoms with Gasteiger partial charge in [0, 0.05) is 16.5 Å². The van der Waals surface area contributed by atoms with Crippen LogP contribution in [0.3, 0.4) is 0 Å². The summed E-state index contributed by atoms with van der Waals surface area (Å²) in [6.45, 7) is 4.60. The maximum Gasteiger partial charge on any atom is 0 e. The summed E-state index contributed by atoms with van der Waals surface area (Å²) in [5.41, 5.74) is 5.76. The molecule has 0 fully saturated rings. The van der Waals surface area contributed by atoms with Gasteiger partial charge in [0.25, 0.3) is 0 Å². The fourth-order valence-electron chi connectivity index (χ4n) is 5.29. The van der Waals surface area contributed by atoms with Gasteiger partial charge in [-0.2, -0.15) is 0 Å². The van der Waals surface area contributed by atoms with Crippen LogP contribution in [0.15, 0.2) is 72.9 Å². The average Bonchev–Trinajstić information content (AvgIpc) is 3.09. The molecule has 3 heterocycles. The molecule has 1 aliphatic rings. The molecule has 3 nitrogen and oxygen atoms in total. The van der Waals surface area contributed by atoms with E-state index < -0.39 is 13.3 Å². The van der Waals surface area contributed by atoms with E-state index in [9.17, 15) is 5.11 Å². The molecule has 0 atom stereocenters. The summed E-state index contributed by atoms with van der Waals surface area (Å²) in [6, 6.07) is 26.1. The molecular weight excluding hydrogens is 512 g/mol. The molecule has 0 aliphatic carbocycles. The third kappa shape index (κ3) is 4.04. The minimum absolute atomic E-state index is 0. The number of aromatic hydroxyl groups is 1. The average molecular weight is 539 g/mol. The van der Waals surface area contributed by atoms with Gasteiger partial charge < -0.3 is 0 Å². The van der Waals surface area contributed by atoms with Crippen molar-refractivity contribution in [3.05, 3.63) is 79.0 Å². The second-order valence-corrected chi connectivity index (χ2v) is 17.5. The van der Waals surface area contributed by atoms with Crippen molar-refractivity contribution in [1.29, 1.82) is 0 Å². The molecule has 0 saturated carbocycles. The first-order valence-electron chi connectivity index (χ1n) is 11.5. The molecule has 0 saturated heterocycles. The fourth-order valence-corrected chi connectivity index (χ4v) is 16.7. The Morgan fingerprint density at radius 1 is 0.818 bits per heavy atom. The Hall–Kier alpha value is -2.42. The molecule has 0 bridgehead atoms. The van der Waals surface area contributed by atoms with Crippen molar-refractivity contribution in [2.45, 2.75) is 37.2 Å². The van der Waals surface area contributed by atoms with Gasteiger partial charge in [-0.1, -0.05) is 0 Å². The number of rotatable bonds is 6. The molecule has 0 radical (unpaired) electrons. The van der Waals surface area contributed by atoms with Crippen molar-refractivity contribution < 1.29 is 21.6 Å². The number of pyridine rings is 2. The Morgan fingerprint density at radius 2 is 1.55 bits per heavy atom. The smallest absolute Gasteiger partial charge is 0 e. The van der Waals surface area contributed by atoms with E-state index in [1.54, 1.807) is 6.07 Å². The molecule has 1 N–H and O–H groups in total. The van der Waals surface area contributed by atoms with Crippen molar-refractivity contribution in [3.8, 4) is 39.5 Å². The number of fused-ring (bicyclic) bond motifs is 3. The van der Waals surface area contributed by atoms with Crippen molar-refractivity contribution in [2.75, 3.05) is 0 Å². The van der Waals surface area contributed by atoms with E-state index in [-0.39, 0.29) is 22.2 Å². The van der Waals surface area contributed by atoms with Crippen LogP contribution in [0.1, 0.15) is 26.7 Å². The Bertz CT molecular complexity index is 1270. The summed E-state index contributed by atoms with van der Waals surface area (Å²) in [4.78, 5) is 9.70. The van der Waals surface area contributed by atoms with Crippen molar-refractivity contribution in [2.24, 2.45) is 0 Å². The normalized spacial score (nSPS) is 13.2. The van der Waals surface area contributed by atoms with Crippen LogP contribution >= 0.6 is 0 Å². The van der Waals surface area contributed by atoms with Crippen molar-refractivity contribution in [1.82, 2.24) is 9.97 Å². The molecule has 0 unspecified atom stereocenters. The zero-order chi connectivity index (χ0) is 22.1. The van der Waals surface area contributed by atoms with E-state index in [0.29, 0.717) is 0 Å². The molecule has 1 aliphatic heterocycles. The second-order valence-electron chi connectivity index (χ2n) is 8.57. The maximum atomic E-state index is 10.4. The van der Waals surface area contributed by atoms with E-state index >= 15 is 0 Å². The number of para-hydroxylation sites is 1. The summed E-state index contributed by atoms with van der Waals surface area (Å²) < 4.78 is 2.97. The van der Waals surface area contributed by atoms with Gasteiger partial charge in [0.2, 0.25) is 0 Å². The summed E-state index contributed by atoms with van der Waals surface area (Å²) >= 11 is -2.57. The number of hydrogen-bond acceptors (Lipinski definition) is 3. The number of aromatic nitrogens is 2. The predicted octanol–water partition coefficient (Wildman–Crippen LogP) is 5.68. The fraction of sp³-hybridized carbons (Fsp3) is 0.214. The molecule has 5 rings (SSSR count). The maximum absolute atomic E-state index is 10.4. The SMILES string of the molecule is CC[CH2][Ge]1([CH2]CC)[c]2ccc(-c3ccccn3)[c-]c2-c2nc(-c3ccccc3O)cc[c]21.[Ni]. The van der Waals surface area contributed by atoms with E-state index in [4.69, 9.17) is 4.98 Å². The van der Waals surface area contributed by atoms with Crippen LogP contribution in [-0.4, -0.2) is 28.3 Å². The molecule has 2 aromatic carbocycles. The zero-order valence-electron chi connectivity index (χ0n) is 18.9.